The number of ketones is 1. The number of benzene rings is 1. The first-order valence-electron chi connectivity index (χ1n) is 8.28. The van der Waals surface area contributed by atoms with Gasteiger partial charge < -0.3 is 5.32 Å². The van der Waals surface area contributed by atoms with Crippen molar-refractivity contribution >= 4 is 39.9 Å². The summed E-state index contributed by atoms with van der Waals surface area (Å²) in [6.45, 7) is 3.69. The number of para-hydroxylation sites is 1. The third-order valence-corrected chi connectivity index (χ3v) is 4.41. The first kappa shape index (κ1) is 18.1. The predicted molar refractivity (Wildman–Crippen MR) is 101 cm³/mol. The standard InChI is InChI=1S/C19H19ClN4O2/c1-11(2)16(25)10-12-8-9-14(18(20)21-12)22-19(26)17-13-6-4-5-7-15(13)24(3)23-17/h4-9,11H,10H2,1-3H3,(H,22,26). The Bertz CT molecular complexity index is 994. The zero-order valence-corrected chi connectivity index (χ0v) is 15.5. The summed E-state index contributed by atoms with van der Waals surface area (Å²) < 4.78 is 1.66. The van der Waals surface area contributed by atoms with E-state index in [1.807, 2.05) is 38.1 Å². The van der Waals surface area contributed by atoms with Crippen molar-refractivity contribution in [1.29, 1.82) is 0 Å². The molecular formula is C19H19ClN4O2. The third-order valence-electron chi connectivity index (χ3n) is 4.13. The summed E-state index contributed by atoms with van der Waals surface area (Å²) in [6.07, 6.45) is 0.219. The Kier molecular flexibility index (Phi) is 5.04. The lowest BCUT2D eigenvalue weighted by atomic mass is 10.0. The molecule has 1 N–H and O–H groups in total. The molecule has 3 rings (SSSR count). The molecular weight excluding hydrogens is 352 g/mol. The maximum Gasteiger partial charge on any atom is 0.276 e. The number of amides is 1. The topological polar surface area (TPSA) is 76.9 Å². The predicted octanol–water partition coefficient (Wildman–Crippen LogP) is 3.64. The van der Waals surface area contributed by atoms with E-state index in [0.717, 1.165) is 10.9 Å². The van der Waals surface area contributed by atoms with Crippen LogP contribution in [0, 0.1) is 5.92 Å². The van der Waals surface area contributed by atoms with Gasteiger partial charge in [0.1, 0.15) is 5.78 Å². The van der Waals surface area contributed by atoms with Crippen LogP contribution in [0.5, 0.6) is 0 Å². The number of aryl methyl sites for hydroxylation is 1. The highest BCUT2D eigenvalue weighted by Gasteiger charge is 2.18. The average Bonchev–Trinajstić information content (AvgIpc) is 2.94. The van der Waals surface area contributed by atoms with E-state index in [2.05, 4.69) is 15.4 Å². The molecule has 0 saturated carbocycles. The Labute approximate surface area is 156 Å². The maximum absolute atomic E-state index is 12.6. The fraction of sp³-hybridized carbons (Fsp3) is 0.263. The average molecular weight is 371 g/mol. The van der Waals surface area contributed by atoms with Gasteiger partial charge in [-0.25, -0.2) is 4.98 Å². The molecule has 0 unspecified atom stereocenters. The van der Waals surface area contributed by atoms with Crippen LogP contribution in [-0.2, 0) is 18.3 Å². The molecule has 0 atom stereocenters. The molecule has 0 radical (unpaired) electrons. The molecule has 0 fully saturated rings. The lowest BCUT2D eigenvalue weighted by Gasteiger charge is -2.08. The third kappa shape index (κ3) is 3.60. The molecule has 1 aromatic carbocycles. The van der Waals surface area contributed by atoms with Crippen molar-refractivity contribution in [2.45, 2.75) is 20.3 Å². The zero-order chi connectivity index (χ0) is 18.8. The molecule has 6 nitrogen and oxygen atoms in total. The van der Waals surface area contributed by atoms with Crippen molar-refractivity contribution in [3.05, 3.63) is 52.9 Å². The second-order valence-electron chi connectivity index (χ2n) is 6.38. The lowest BCUT2D eigenvalue weighted by molar-refractivity contribution is -0.121. The van der Waals surface area contributed by atoms with Gasteiger partial charge in [0, 0.05) is 30.5 Å². The summed E-state index contributed by atoms with van der Waals surface area (Å²) in [4.78, 5) is 28.7. The largest absolute Gasteiger partial charge is 0.318 e. The fourth-order valence-corrected chi connectivity index (χ4v) is 2.83. The SMILES string of the molecule is CC(C)C(=O)Cc1ccc(NC(=O)c2nn(C)c3ccccc23)c(Cl)n1. The van der Waals surface area contributed by atoms with Crippen LogP contribution in [0.1, 0.15) is 30.0 Å². The van der Waals surface area contributed by atoms with Gasteiger partial charge in [0.25, 0.3) is 5.91 Å². The number of nitrogens with zero attached hydrogens (tertiary/aromatic N) is 3. The summed E-state index contributed by atoms with van der Waals surface area (Å²) in [5.74, 6) is -0.339. The highest BCUT2D eigenvalue weighted by molar-refractivity contribution is 6.32. The van der Waals surface area contributed by atoms with Gasteiger partial charge in [-0.1, -0.05) is 43.6 Å². The summed E-state index contributed by atoms with van der Waals surface area (Å²) in [5, 5.41) is 7.94. The number of Topliss-reactive ketones (excluding diaryl/α,β-unsaturated/α-hetero) is 1. The smallest absolute Gasteiger partial charge is 0.276 e. The monoisotopic (exact) mass is 370 g/mol. The van der Waals surface area contributed by atoms with E-state index < -0.39 is 0 Å². The van der Waals surface area contributed by atoms with E-state index in [1.54, 1.807) is 23.9 Å². The Balaban J connectivity index is 1.82. The molecule has 2 heterocycles. The van der Waals surface area contributed by atoms with Crippen molar-refractivity contribution in [2.24, 2.45) is 13.0 Å². The Morgan fingerprint density at radius 1 is 1.19 bits per heavy atom. The van der Waals surface area contributed by atoms with E-state index in [0.29, 0.717) is 17.1 Å². The minimum atomic E-state index is -0.364. The molecule has 26 heavy (non-hydrogen) atoms. The number of halogens is 1. The van der Waals surface area contributed by atoms with Crippen LogP contribution < -0.4 is 5.32 Å². The molecule has 3 aromatic rings. The fourth-order valence-electron chi connectivity index (χ4n) is 2.61. The van der Waals surface area contributed by atoms with Crippen LogP contribution in [-0.4, -0.2) is 26.5 Å². The van der Waals surface area contributed by atoms with E-state index in [4.69, 9.17) is 11.6 Å². The van der Waals surface area contributed by atoms with Gasteiger partial charge in [-0.3, -0.25) is 14.3 Å². The van der Waals surface area contributed by atoms with Gasteiger partial charge in [-0.05, 0) is 18.2 Å². The number of pyridine rings is 1. The Morgan fingerprint density at radius 3 is 2.62 bits per heavy atom. The molecule has 0 aliphatic rings. The summed E-state index contributed by atoms with van der Waals surface area (Å²) in [7, 11) is 1.79. The Morgan fingerprint density at radius 2 is 1.92 bits per heavy atom. The molecule has 0 aliphatic heterocycles. The lowest BCUT2D eigenvalue weighted by Crippen LogP contribution is -2.15. The number of aromatic nitrogens is 3. The highest BCUT2D eigenvalue weighted by atomic mass is 35.5. The van der Waals surface area contributed by atoms with Crippen molar-refractivity contribution in [1.82, 2.24) is 14.8 Å². The molecule has 1 amide bonds. The van der Waals surface area contributed by atoms with E-state index in [9.17, 15) is 9.59 Å². The zero-order valence-electron chi connectivity index (χ0n) is 14.8. The number of anilines is 1. The van der Waals surface area contributed by atoms with Gasteiger partial charge >= 0.3 is 0 Å². The van der Waals surface area contributed by atoms with E-state index >= 15 is 0 Å². The Hall–Kier alpha value is -2.73. The molecule has 134 valence electrons. The normalized spacial score (nSPS) is 11.1. The molecule has 0 aliphatic carbocycles. The van der Waals surface area contributed by atoms with Gasteiger partial charge in [0.2, 0.25) is 0 Å². The molecule has 0 saturated heterocycles. The number of hydrogen-bond acceptors (Lipinski definition) is 4. The van der Waals surface area contributed by atoms with Crippen LogP contribution in [0.3, 0.4) is 0 Å². The summed E-state index contributed by atoms with van der Waals surface area (Å²) in [5.41, 5.74) is 2.14. The highest BCUT2D eigenvalue weighted by Crippen LogP contribution is 2.23. The second kappa shape index (κ2) is 7.25. The van der Waals surface area contributed by atoms with Crippen molar-refractivity contribution in [2.75, 3.05) is 5.32 Å². The summed E-state index contributed by atoms with van der Waals surface area (Å²) >= 11 is 6.18. The number of fused-ring (bicyclic) bond motifs is 1. The number of nitrogens with one attached hydrogen (secondary N) is 1. The van der Waals surface area contributed by atoms with Gasteiger partial charge in [-0.2, -0.15) is 5.10 Å². The number of hydrogen-bond donors (Lipinski definition) is 1. The molecule has 7 heteroatoms. The van der Waals surface area contributed by atoms with Gasteiger partial charge in [0.05, 0.1) is 11.2 Å². The van der Waals surface area contributed by atoms with E-state index in [-0.39, 0.29) is 29.2 Å². The van der Waals surface area contributed by atoms with Crippen LogP contribution >= 0.6 is 11.6 Å². The van der Waals surface area contributed by atoms with Gasteiger partial charge in [-0.15, -0.1) is 0 Å². The summed E-state index contributed by atoms with van der Waals surface area (Å²) in [6, 6.07) is 10.8. The van der Waals surface area contributed by atoms with Crippen LogP contribution in [0.2, 0.25) is 5.15 Å². The minimum Gasteiger partial charge on any atom is -0.318 e. The number of carbonyl (C=O) groups excluding carboxylic acids is 2. The quantitative estimate of drug-likeness (QED) is 0.695. The number of carbonyl (C=O) groups is 2. The maximum atomic E-state index is 12.6. The molecule has 0 spiro atoms. The van der Waals surface area contributed by atoms with Crippen LogP contribution in [0.25, 0.3) is 10.9 Å². The van der Waals surface area contributed by atoms with E-state index in [1.165, 1.54) is 0 Å². The first-order chi connectivity index (χ1) is 12.4. The molecule has 2 aromatic heterocycles. The van der Waals surface area contributed by atoms with Crippen molar-refractivity contribution < 1.29 is 9.59 Å². The minimum absolute atomic E-state index is 0.0626. The molecule has 0 bridgehead atoms. The number of rotatable bonds is 5. The first-order valence-corrected chi connectivity index (χ1v) is 8.66. The second-order valence-corrected chi connectivity index (χ2v) is 6.74. The van der Waals surface area contributed by atoms with Crippen molar-refractivity contribution in [3.8, 4) is 0 Å². The van der Waals surface area contributed by atoms with Crippen LogP contribution in [0.4, 0.5) is 5.69 Å². The van der Waals surface area contributed by atoms with Gasteiger partial charge in [0.15, 0.2) is 10.8 Å². The van der Waals surface area contributed by atoms with Crippen molar-refractivity contribution in [3.63, 3.8) is 0 Å². The van der Waals surface area contributed by atoms with Crippen LogP contribution in [0.15, 0.2) is 36.4 Å².